The predicted octanol–water partition coefficient (Wildman–Crippen LogP) is 1.72. The summed E-state index contributed by atoms with van der Waals surface area (Å²) in [5, 5.41) is 10.7. The van der Waals surface area contributed by atoms with Crippen molar-refractivity contribution in [2.24, 2.45) is 11.7 Å². The van der Waals surface area contributed by atoms with Crippen LogP contribution in [0, 0.1) is 16.0 Å². The number of benzene rings is 1. The number of nitrogens with two attached hydrogens (primary N) is 1. The zero-order chi connectivity index (χ0) is 15.4. The molecule has 1 atom stereocenters. The molecular weight excluding hydrogens is 270 g/mol. The average Bonchev–Trinajstić information content (AvgIpc) is 2.47. The summed E-state index contributed by atoms with van der Waals surface area (Å²) in [6.45, 7) is 3.45. The van der Waals surface area contributed by atoms with Crippen molar-refractivity contribution in [3.05, 3.63) is 39.9 Å². The molecule has 1 unspecified atom stereocenters. The Labute approximate surface area is 124 Å². The van der Waals surface area contributed by atoms with E-state index in [1.807, 2.05) is 11.8 Å². The molecule has 0 aromatic heterocycles. The molecule has 1 aliphatic rings. The first-order valence-electron chi connectivity index (χ1n) is 7.24. The molecule has 2 rings (SSSR count). The van der Waals surface area contributed by atoms with Crippen LogP contribution in [0.5, 0.6) is 0 Å². The van der Waals surface area contributed by atoms with Crippen molar-refractivity contribution in [3.63, 3.8) is 0 Å². The van der Waals surface area contributed by atoms with Crippen LogP contribution >= 0.6 is 0 Å². The maximum atomic E-state index is 12.3. The molecule has 1 aliphatic heterocycles. The molecule has 2 N–H and O–H groups in total. The van der Waals surface area contributed by atoms with Crippen LogP contribution in [0.25, 0.3) is 0 Å². The second-order valence-electron chi connectivity index (χ2n) is 5.68. The van der Waals surface area contributed by atoms with Gasteiger partial charge < -0.3 is 10.6 Å². The molecule has 0 saturated carbocycles. The number of hydrogen-bond donors (Lipinski definition) is 1. The van der Waals surface area contributed by atoms with E-state index in [1.165, 1.54) is 12.1 Å². The molecule has 6 nitrogen and oxygen atoms in total. The molecule has 0 radical (unpaired) electrons. The molecule has 21 heavy (non-hydrogen) atoms. The molecule has 6 heteroatoms. The van der Waals surface area contributed by atoms with Crippen molar-refractivity contribution in [3.8, 4) is 0 Å². The van der Waals surface area contributed by atoms with E-state index in [2.05, 4.69) is 0 Å². The minimum atomic E-state index is -0.442. The van der Waals surface area contributed by atoms with Crippen molar-refractivity contribution in [1.29, 1.82) is 0 Å². The third kappa shape index (κ3) is 4.01. The lowest BCUT2D eigenvalue weighted by Crippen LogP contribution is -2.43. The van der Waals surface area contributed by atoms with Crippen LogP contribution in [-0.4, -0.2) is 34.9 Å². The van der Waals surface area contributed by atoms with Crippen molar-refractivity contribution >= 4 is 11.6 Å². The van der Waals surface area contributed by atoms with Gasteiger partial charge in [0.25, 0.3) is 5.69 Å². The largest absolute Gasteiger partial charge is 0.342 e. The van der Waals surface area contributed by atoms with Gasteiger partial charge in [0.05, 0.1) is 11.3 Å². The van der Waals surface area contributed by atoms with Gasteiger partial charge in [-0.05, 0) is 31.2 Å². The Morgan fingerprint density at radius 3 is 2.71 bits per heavy atom. The number of rotatable bonds is 4. The normalized spacial score (nSPS) is 17.5. The summed E-state index contributed by atoms with van der Waals surface area (Å²) in [6, 6.07) is 6.43. The standard InChI is InChI=1S/C15H21N3O3/c1-11(16)13-5-7-17(8-6-13)15(19)10-12-3-2-4-14(9-12)18(20)21/h2-4,9,11,13H,5-8,10,16H2,1H3. The number of amides is 1. The topological polar surface area (TPSA) is 89.5 Å². The van der Waals surface area contributed by atoms with Crippen LogP contribution in [0.1, 0.15) is 25.3 Å². The van der Waals surface area contributed by atoms with Crippen LogP contribution in [0.3, 0.4) is 0 Å². The number of nitro groups is 1. The molecule has 114 valence electrons. The molecule has 1 fully saturated rings. The summed E-state index contributed by atoms with van der Waals surface area (Å²) in [5.41, 5.74) is 6.60. The van der Waals surface area contributed by atoms with E-state index in [4.69, 9.17) is 5.73 Å². The van der Waals surface area contributed by atoms with Gasteiger partial charge >= 0.3 is 0 Å². The number of nitrogens with zero attached hydrogens (tertiary/aromatic N) is 2. The molecule has 1 aromatic rings. The number of carbonyl (C=O) groups is 1. The van der Waals surface area contributed by atoms with Gasteiger partial charge in [-0.15, -0.1) is 0 Å². The van der Waals surface area contributed by atoms with Crippen molar-refractivity contribution < 1.29 is 9.72 Å². The van der Waals surface area contributed by atoms with Gasteiger partial charge in [-0.3, -0.25) is 14.9 Å². The molecular formula is C15H21N3O3. The third-order valence-electron chi connectivity index (χ3n) is 4.11. The molecule has 1 saturated heterocycles. The van der Waals surface area contributed by atoms with Gasteiger partial charge in [-0.1, -0.05) is 12.1 Å². The van der Waals surface area contributed by atoms with Crippen molar-refractivity contribution in [2.45, 2.75) is 32.2 Å². The minimum absolute atomic E-state index is 0.0240. The van der Waals surface area contributed by atoms with Crippen LogP contribution in [0.4, 0.5) is 5.69 Å². The van der Waals surface area contributed by atoms with Gasteiger partial charge in [-0.2, -0.15) is 0 Å². The highest BCUT2D eigenvalue weighted by Gasteiger charge is 2.24. The molecule has 1 amide bonds. The van der Waals surface area contributed by atoms with E-state index in [0.717, 1.165) is 25.9 Å². The second kappa shape index (κ2) is 6.67. The fraction of sp³-hybridized carbons (Fsp3) is 0.533. The summed E-state index contributed by atoms with van der Waals surface area (Å²) in [4.78, 5) is 24.4. The van der Waals surface area contributed by atoms with Gasteiger partial charge in [0.2, 0.25) is 5.91 Å². The first kappa shape index (κ1) is 15.4. The summed E-state index contributed by atoms with van der Waals surface area (Å²) in [7, 11) is 0. The first-order chi connectivity index (χ1) is 9.97. The lowest BCUT2D eigenvalue weighted by Gasteiger charge is -2.33. The number of likely N-dealkylation sites (tertiary alicyclic amines) is 1. The molecule has 1 heterocycles. The smallest absolute Gasteiger partial charge is 0.269 e. The van der Waals surface area contributed by atoms with Gasteiger partial charge in [0.15, 0.2) is 0 Å². The first-order valence-corrected chi connectivity index (χ1v) is 7.24. The molecule has 1 aromatic carbocycles. The lowest BCUT2D eigenvalue weighted by molar-refractivity contribution is -0.384. The zero-order valence-electron chi connectivity index (χ0n) is 12.2. The van der Waals surface area contributed by atoms with Crippen molar-refractivity contribution in [2.75, 3.05) is 13.1 Å². The number of piperidine rings is 1. The maximum absolute atomic E-state index is 12.3. The monoisotopic (exact) mass is 291 g/mol. The maximum Gasteiger partial charge on any atom is 0.269 e. The fourth-order valence-electron chi connectivity index (χ4n) is 2.74. The van der Waals surface area contributed by atoms with Gasteiger partial charge in [-0.25, -0.2) is 0 Å². The Bertz CT molecular complexity index is 523. The highest BCUT2D eigenvalue weighted by Crippen LogP contribution is 2.21. The SMILES string of the molecule is CC(N)C1CCN(C(=O)Cc2cccc([N+](=O)[O-])c2)CC1. The highest BCUT2D eigenvalue weighted by molar-refractivity contribution is 5.79. The minimum Gasteiger partial charge on any atom is -0.342 e. The van der Waals surface area contributed by atoms with Gasteiger partial charge in [0, 0.05) is 31.3 Å². The van der Waals surface area contributed by atoms with Crippen LogP contribution in [0.2, 0.25) is 0 Å². The van der Waals surface area contributed by atoms with E-state index >= 15 is 0 Å². The number of non-ortho nitro benzene ring substituents is 1. The lowest BCUT2D eigenvalue weighted by atomic mass is 9.91. The molecule has 0 bridgehead atoms. The van der Waals surface area contributed by atoms with E-state index in [1.54, 1.807) is 12.1 Å². The predicted molar refractivity (Wildman–Crippen MR) is 79.8 cm³/mol. The number of nitro benzene ring substituents is 1. The van der Waals surface area contributed by atoms with E-state index in [9.17, 15) is 14.9 Å². The van der Waals surface area contributed by atoms with E-state index in [-0.39, 0.29) is 24.1 Å². The Hall–Kier alpha value is -1.95. The second-order valence-corrected chi connectivity index (χ2v) is 5.68. The molecule has 0 aliphatic carbocycles. The number of carbonyl (C=O) groups excluding carboxylic acids is 1. The van der Waals surface area contributed by atoms with Crippen LogP contribution < -0.4 is 5.73 Å². The highest BCUT2D eigenvalue weighted by atomic mass is 16.6. The van der Waals surface area contributed by atoms with Crippen LogP contribution in [0.15, 0.2) is 24.3 Å². The summed E-state index contributed by atoms with van der Waals surface area (Å²) in [5.74, 6) is 0.505. The Morgan fingerprint density at radius 2 is 2.14 bits per heavy atom. The fourth-order valence-corrected chi connectivity index (χ4v) is 2.74. The van der Waals surface area contributed by atoms with Gasteiger partial charge in [0.1, 0.15) is 0 Å². The van der Waals surface area contributed by atoms with Crippen molar-refractivity contribution in [1.82, 2.24) is 4.90 Å². The van der Waals surface area contributed by atoms with E-state index < -0.39 is 4.92 Å². The third-order valence-corrected chi connectivity index (χ3v) is 4.11. The quantitative estimate of drug-likeness (QED) is 0.675. The zero-order valence-corrected chi connectivity index (χ0v) is 12.2. The summed E-state index contributed by atoms with van der Waals surface area (Å²) >= 11 is 0. The summed E-state index contributed by atoms with van der Waals surface area (Å²) < 4.78 is 0. The Morgan fingerprint density at radius 1 is 1.48 bits per heavy atom. The van der Waals surface area contributed by atoms with Crippen LogP contribution in [-0.2, 0) is 11.2 Å². The average molecular weight is 291 g/mol. The van der Waals surface area contributed by atoms with E-state index in [0.29, 0.717) is 11.5 Å². The Kier molecular flexibility index (Phi) is 4.90. The number of hydrogen-bond acceptors (Lipinski definition) is 4. The molecule has 0 spiro atoms. The Balaban J connectivity index is 1.93. The summed E-state index contributed by atoms with van der Waals surface area (Å²) in [6.07, 6.45) is 2.07.